The number of piperazine rings is 1. The Morgan fingerprint density at radius 3 is 2.49 bits per heavy atom. The van der Waals surface area contributed by atoms with Gasteiger partial charge in [-0.1, -0.05) is 30.7 Å². The van der Waals surface area contributed by atoms with Crippen LogP contribution in [0, 0.1) is 15.5 Å². The number of aromatic nitrogens is 2. The van der Waals surface area contributed by atoms with Gasteiger partial charge >= 0.3 is 11.2 Å². The van der Waals surface area contributed by atoms with E-state index >= 15 is 0 Å². The van der Waals surface area contributed by atoms with Crippen molar-refractivity contribution in [3.8, 4) is 17.2 Å². The molecule has 1 saturated heterocycles. The Balaban J connectivity index is 1.34. The van der Waals surface area contributed by atoms with Crippen molar-refractivity contribution in [1.29, 1.82) is 0 Å². The summed E-state index contributed by atoms with van der Waals surface area (Å²) < 4.78 is 40.3. The monoisotopic (exact) mass is 603 g/mol. The Kier molecular flexibility index (Phi) is 7.95. The van der Waals surface area contributed by atoms with Crippen LogP contribution in [0.2, 0.25) is 5.02 Å². The van der Waals surface area contributed by atoms with E-state index in [1.807, 2.05) is 4.90 Å². The van der Waals surface area contributed by atoms with Crippen LogP contribution in [0.25, 0.3) is 5.69 Å². The zero-order valence-corrected chi connectivity index (χ0v) is 24.2. The number of hydrogen-bond donors (Lipinski definition) is 0. The SMILES string of the molecule is COc1cc(CS(=O)(=O)N2CCN(c3cnn(-c4cccc(Cl)c4)c(=O)c3OCC3(C)CC3)CC2)ccc1[N+](=O)[O-]. The summed E-state index contributed by atoms with van der Waals surface area (Å²) in [7, 11) is -2.43. The molecule has 0 radical (unpaired) electrons. The van der Waals surface area contributed by atoms with Gasteiger partial charge in [-0.15, -0.1) is 0 Å². The van der Waals surface area contributed by atoms with E-state index in [1.54, 1.807) is 30.5 Å². The van der Waals surface area contributed by atoms with E-state index in [2.05, 4.69) is 12.0 Å². The van der Waals surface area contributed by atoms with E-state index in [4.69, 9.17) is 21.1 Å². The van der Waals surface area contributed by atoms with Gasteiger partial charge in [0.25, 0.3) is 0 Å². The summed E-state index contributed by atoms with van der Waals surface area (Å²) in [4.78, 5) is 26.1. The average Bonchev–Trinajstić information content (AvgIpc) is 3.68. The number of benzene rings is 2. The fourth-order valence-corrected chi connectivity index (χ4v) is 6.35. The van der Waals surface area contributed by atoms with Crippen LogP contribution < -0.4 is 19.9 Å². The Labute approximate surface area is 242 Å². The predicted molar refractivity (Wildman–Crippen MR) is 154 cm³/mol. The minimum atomic E-state index is -3.73. The summed E-state index contributed by atoms with van der Waals surface area (Å²) in [5.41, 5.74) is 0.775. The molecule has 3 aromatic rings. The highest BCUT2D eigenvalue weighted by atomic mass is 35.5. The number of methoxy groups -OCH3 is 1. The first kappa shape index (κ1) is 28.8. The molecule has 2 fully saturated rings. The maximum Gasteiger partial charge on any atom is 0.316 e. The van der Waals surface area contributed by atoms with Crippen LogP contribution >= 0.6 is 11.6 Å². The molecule has 12 nitrogen and oxygen atoms in total. The molecule has 0 N–H and O–H groups in total. The lowest BCUT2D eigenvalue weighted by molar-refractivity contribution is -0.385. The molecule has 0 atom stereocenters. The van der Waals surface area contributed by atoms with Crippen molar-refractivity contribution in [2.45, 2.75) is 25.5 Å². The quantitative estimate of drug-likeness (QED) is 0.251. The molecule has 1 aliphatic carbocycles. The van der Waals surface area contributed by atoms with Crippen molar-refractivity contribution in [2.24, 2.45) is 5.41 Å². The summed E-state index contributed by atoms with van der Waals surface area (Å²) in [5.74, 6) is -0.159. The number of anilines is 1. The highest BCUT2D eigenvalue weighted by Crippen LogP contribution is 2.45. The topological polar surface area (TPSA) is 137 Å². The Bertz CT molecular complexity index is 1630. The number of rotatable bonds is 10. The van der Waals surface area contributed by atoms with Gasteiger partial charge < -0.3 is 14.4 Å². The second-order valence-electron chi connectivity index (χ2n) is 10.6. The Morgan fingerprint density at radius 2 is 1.85 bits per heavy atom. The van der Waals surface area contributed by atoms with E-state index in [1.165, 1.54) is 34.3 Å². The maximum absolute atomic E-state index is 13.6. The van der Waals surface area contributed by atoms with Crippen molar-refractivity contribution in [2.75, 3.05) is 44.8 Å². The molecule has 1 saturated carbocycles. The van der Waals surface area contributed by atoms with Crippen LogP contribution in [0.1, 0.15) is 25.3 Å². The van der Waals surface area contributed by atoms with Crippen molar-refractivity contribution in [3.63, 3.8) is 0 Å². The van der Waals surface area contributed by atoms with Crippen LogP contribution in [-0.4, -0.2) is 67.3 Å². The molecular weight excluding hydrogens is 574 g/mol. The number of nitrogens with zero attached hydrogens (tertiary/aromatic N) is 5. The standard InChI is InChI=1S/C27H30ClN5O7S/c1-27(8-9-27)18-40-25-23(16-29-32(26(25)34)21-5-3-4-20(28)15-21)30-10-12-31(13-11-30)41(37,38)17-19-6-7-22(33(35)36)24(14-19)39-2/h3-7,14-16H,8-13,17-18H2,1-2H3. The van der Waals surface area contributed by atoms with Crippen molar-refractivity contribution >= 4 is 33.0 Å². The molecule has 0 unspecified atom stereocenters. The minimum Gasteiger partial charge on any atom is -0.490 e. The number of nitro benzene ring substituents is 1. The van der Waals surface area contributed by atoms with Crippen molar-refractivity contribution in [1.82, 2.24) is 14.1 Å². The highest BCUT2D eigenvalue weighted by molar-refractivity contribution is 7.88. The lowest BCUT2D eigenvalue weighted by Gasteiger charge is -2.35. The van der Waals surface area contributed by atoms with Crippen LogP contribution in [-0.2, 0) is 15.8 Å². The van der Waals surface area contributed by atoms with Crippen LogP contribution in [0.3, 0.4) is 0 Å². The normalized spacial score (nSPS) is 16.8. The second-order valence-corrected chi connectivity index (χ2v) is 13.0. The van der Waals surface area contributed by atoms with Gasteiger partial charge in [0.05, 0.1) is 36.3 Å². The largest absolute Gasteiger partial charge is 0.490 e. The summed E-state index contributed by atoms with van der Waals surface area (Å²) in [5, 5.41) is 16.0. The van der Waals surface area contributed by atoms with Crippen LogP contribution in [0.5, 0.6) is 11.5 Å². The molecule has 14 heteroatoms. The van der Waals surface area contributed by atoms with Crippen molar-refractivity contribution < 1.29 is 22.8 Å². The molecule has 2 aliphatic rings. The third kappa shape index (κ3) is 6.31. The molecule has 2 heterocycles. The fourth-order valence-electron chi connectivity index (χ4n) is 4.66. The second kappa shape index (κ2) is 11.3. The number of halogens is 1. The van der Waals surface area contributed by atoms with Crippen molar-refractivity contribution in [3.05, 3.63) is 79.7 Å². The third-order valence-electron chi connectivity index (χ3n) is 7.40. The highest BCUT2D eigenvalue weighted by Gasteiger charge is 2.39. The van der Waals surface area contributed by atoms with Gasteiger partial charge in [-0.2, -0.15) is 14.1 Å². The van der Waals surface area contributed by atoms with Gasteiger partial charge in [-0.3, -0.25) is 14.9 Å². The first-order valence-electron chi connectivity index (χ1n) is 13.0. The van der Waals surface area contributed by atoms with E-state index in [-0.39, 0.29) is 41.4 Å². The average molecular weight is 604 g/mol. The van der Waals surface area contributed by atoms with Gasteiger partial charge in [0.15, 0.2) is 5.75 Å². The molecule has 2 aromatic carbocycles. The lowest BCUT2D eigenvalue weighted by Crippen LogP contribution is -2.49. The van der Waals surface area contributed by atoms with E-state index in [0.29, 0.717) is 41.7 Å². The summed E-state index contributed by atoms with van der Waals surface area (Å²) in [6, 6.07) is 10.8. The first-order chi connectivity index (χ1) is 19.5. The molecule has 0 amide bonds. The molecule has 1 aliphatic heterocycles. The summed E-state index contributed by atoms with van der Waals surface area (Å²) in [6.45, 7) is 3.49. The molecular formula is C27H30ClN5O7S. The van der Waals surface area contributed by atoms with Gasteiger partial charge in [0.1, 0.15) is 5.69 Å². The molecule has 0 bridgehead atoms. The number of sulfonamides is 1. The minimum absolute atomic E-state index is 0.000105. The van der Waals surface area contributed by atoms with Gasteiger partial charge in [0.2, 0.25) is 15.8 Å². The zero-order valence-electron chi connectivity index (χ0n) is 22.7. The number of ether oxygens (including phenoxy) is 2. The number of nitro groups is 1. The smallest absolute Gasteiger partial charge is 0.316 e. The molecule has 5 rings (SSSR count). The van der Waals surface area contributed by atoms with E-state index in [0.717, 1.165) is 12.8 Å². The third-order valence-corrected chi connectivity index (χ3v) is 9.48. The molecule has 41 heavy (non-hydrogen) atoms. The Hall–Kier alpha value is -3.68. The van der Waals surface area contributed by atoms with E-state index in [9.17, 15) is 23.3 Å². The van der Waals surface area contributed by atoms with E-state index < -0.39 is 20.5 Å². The van der Waals surface area contributed by atoms with Gasteiger partial charge in [-0.05, 0) is 42.7 Å². The summed E-state index contributed by atoms with van der Waals surface area (Å²) >= 11 is 6.14. The maximum atomic E-state index is 13.6. The molecule has 218 valence electrons. The Morgan fingerprint density at radius 1 is 1.12 bits per heavy atom. The predicted octanol–water partition coefficient (Wildman–Crippen LogP) is 3.63. The lowest BCUT2D eigenvalue weighted by atomic mass is 10.2. The van der Waals surface area contributed by atoms with Crippen LogP contribution in [0.15, 0.2) is 53.5 Å². The molecule has 1 aromatic heterocycles. The first-order valence-corrected chi connectivity index (χ1v) is 15.0. The van der Waals surface area contributed by atoms with Gasteiger partial charge in [0, 0.05) is 42.7 Å². The zero-order chi connectivity index (χ0) is 29.4. The van der Waals surface area contributed by atoms with Gasteiger partial charge in [-0.25, -0.2) is 8.42 Å². The number of hydrogen-bond acceptors (Lipinski definition) is 9. The van der Waals surface area contributed by atoms with Crippen LogP contribution in [0.4, 0.5) is 11.4 Å². The summed E-state index contributed by atoms with van der Waals surface area (Å²) in [6.07, 6.45) is 3.61. The fraction of sp³-hybridized carbons (Fsp3) is 0.407. The molecule has 0 spiro atoms.